The summed E-state index contributed by atoms with van der Waals surface area (Å²) in [5.74, 6) is 0.720. The number of hydrogen-bond donors (Lipinski definition) is 2. The van der Waals surface area contributed by atoms with E-state index in [1.165, 1.54) is 11.3 Å². The highest BCUT2D eigenvalue weighted by molar-refractivity contribution is 7.14. The summed E-state index contributed by atoms with van der Waals surface area (Å²) in [7, 11) is 0. The zero-order chi connectivity index (χ0) is 20.5. The molecule has 30 heavy (non-hydrogen) atoms. The van der Waals surface area contributed by atoms with Gasteiger partial charge < -0.3 is 19.4 Å². The van der Waals surface area contributed by atoms with Crippen LogP contribution in [0.3, 0.4) is 0 Å². The highest BCUT2D eigenvalue weighted by Crippen LogP contribution is 2.37. The van der Waals surface area contributed by atoms with E-state index in [1.807, 2.05) is 24.3 Å². The summed E-state index contributed by atoms with van der Waals surface area (Å²) in [6.07, 6.45) is 2.17. The maximum atomic E-state index is 10.3. The van der Waals surface area contributed by atoms with E-state index in [0.717, 1.165) is 37.7 Å². The Hall–Kier alpha value is -2.58. The molecule has 1 aliphatic rings. The highest BCUT2D eigenvalue weighted by atomic mass is 32.1. The third kappa shape index (κ3) is 3.89. The average Bonchev–Trinajstić information content (AvgIpc) is 3.44. The van der Waals surface area contributed by atoms with Crippen LogP contribution in [0, 0.1) is 0 Å². The van der Waals surface area contributed by atoms with Crippen molar-refractivity contribution in [2.45, 2.75) is 37.6 Å². The lowest BCUT2D eigenvalue weighted by molar-refractivity contribution is -0.113. The molecule has 2 aromatic heterocycles. The zero-order valence-electron chi connectivity index (χ0n) is 16.3. The molecule has 2 aromatic carbocycles. The molecule has 0 aliphatic carbocycles. The molecule has 0 saturated carbocycles. The molecular formula is C23H22N2O4S. The highest BCUT2D eigenvalue weighted by Gasteiger charge is 2.30. The van der Waals surface area contributed by atoms with Crippen molar-refractivity contribution in [1.82, 2.24) is 10.2 Å². The van der Waals surface area contributed by atoms with Crippen molar-refractivity contribution in [3.63, 3.8) is 0 Å². The van der Waals surface area contributed by atoms with Crippen LogP contribution in [0.25, 0.3) is 21.5 Å². The fourth-order valence-electron chi connectivity index (χ4n) is 4.08. The Balaban J connectivity index is 1.49. The molecular weight excluding hydrogens is 400 g/mol. The van der Waals surface area contributed by atoms with Crippen LogP contribution in [-0.4, -0.2) is 39.2 Å². The number of ether oxygens (including phenoxy) is 1. The summed E-state index contributed by atoms with van der Waals surface area (Å²) in [4.78, 5) is 0. The molecule has 3 heterocycles. The molecule has 1 fully saturated rings. The minimum absolute atomic E-state index is 0.0917. The normalized spacial score (nSPS) is 21.9. The number of aliphatic hydroxyl groups excluding tert-OH is 2. The molecule has 1 aliphatic heterocycles. The van der Waals surface area contributed by atoms with Crippen molar-refractivity contribution in [2.24, 2.45) is 0 Å². The summed E-state index contributed by atoms with van der Waals surface area (Å²) < 4.78 is 11.5. The zero-order valence-corrected chi connectivity index (χ0v) is 17.1. The van der Waals surface area contributed by atoms with Gasteiger partial charge in [0, 0.05) is 19.3 Å². The van der Waals surface area contributed by atoms with Crippen LogP contribution in [0.2, 0.25) is 0 Å². The number of benzene rings is 2. The summed E-state index contributed by atoms with van der Waals surface area (Å²) in [6, 6.07) is 16.2. The number of nitrogens with zero attached hydrogens (tertiary/aromatic N) is 2. The van der Waals surface area contributed by atoms with Gasteiger partial charge in [-0.3, -0.25) is 0 Å². The molecule has 0 spiro atoms. The third-order valence-electron chi connectivity index (χ3n) is 5.44. The van der Waals surface area contributed by atoms with Crippen molar-refractivity contribution in [3.05, 3.63) is 70.9 Å². The number of furan rings is 1. The summed E-state index contributed by atoms with van der Waals surface area (Å²) >= 11 is 1.52. The summed E-state index contributed by atoms with van der Waals surface area (Å²) in [6.45, 7) is -0.0917. The topological polar surface area (TPSA) is 88.6 Å². The molecule has 3 atom stereocenters. The SMILES string of the molecule is OCC1CC(O)CC(c2cc(Cc3nnc(-c4ccco4)s3)cc3ccccc23)O1. The lowest BCUT2D eigenvalue weighted by atomic mass is 9.91. The predicted octanol–water partition coefficient (Wildman–Crippen LogP) is 4.12. The van der Waals surface area contributed by atoms with Crippen LogP contribution < -0.4 is 0 Å². The van der Waals surface area contributed by atoms with Crippen molar-refractivity contribution >= 4 is 22.1 Å². The van der Waals surface area contributed by atoms with E-state index in [4.69, 9.17) is 9.15 Å². The molecule has 0 bridgehead atoms. The minimum Gasteiger partial charge on any atom is -0.462 e. The molecule has 154 valence electrons. The van der Waals surface area contributed by atoms with Gasteiger partial charge in [-0.25, -0.2) is 0 Å². The number of aromatic nitrogens is 2. The van der Waals surface area contributed by atoms with Crippen LogP contribution in [0.5, 0.6) is 0 Å². The van der Waals surface area contributed by atoms with Gasteiger partial charge in [0.25, 0.3) is 0 Å². The number of fused-ring (bicyclic) bond motifs is 1. The maximum absolute atomic E-state index is 10.3. The second kappa shape index (κ2) is 8.28. The number of rotatable bonds is 5. The smallest absolute Gasteiger partial charge is 0.183 e. The quantitative estimate of drug-likeness (QED) is 0.503. The monoisotopic (exact) mass is 422 g/mol. The molecule has 1 saturated heterocycles. The van der Waals surface area contributed by atoms with Crippen molar-refractivity contribution in [3.8, 4) is 10.8 Å². The van der Waals surface area contributed by atoms with Crippen molar-refractivity contribution < 1.29 is 19.4 Å². The maximum Gasteiger partial charge on any atom is 0.183 e. The van der Waals surface area contributed by atoms with Gasteiger partial charge in [-0.2, -0.15) is 0 Å². The first-order valence-corrected chi connectivity index (χ1v) is 10.8. The first-order chi connectivity index (χ1) is 14.7. The first kappa shape index (κ1) is 19.4. The van der Waals surface area contributed by atoms with Crippen LogP contribution in [0.15, 0.2) is 59.2 Å². The van der Waals surface area contributed by atoms with Crippen LogP contribution in [0.1, 0.15) is 35.1 Å². The molecule has 2 N–H and O–H groups in total. The molecule has 7 heteroatoms. The van der Waals surface area contributed by atoms with Crippen molar-refractivity contribution in [2.75, 3.05) is 6.61 Å². The number of hydrogen-bond acceptors (Lipinski definition) is 7. The Morgan fingerprint density at radius 3 is 2.80 bits per heavy atom. The third-order valence-corrected chi connectivity index (χ3v) is 6.37. The predicted molar refractivity (Wildman–Crippen MR) is 114 cm³/mol. The van der Waals surface area contributed by atoms with Crippen LogP contribution in [-0.2, 0) is 11.2 Å². The number of aliphatic hydroxyl groups is 2. The lowest BCUT2D eigenvalue weighted by Crippen LogP contribution is -2.33. The van der Waals surface area contributed by atoms with Gasteiger partial charge in [-0.05, 0) is 34.0 Å². The standard InChI is InChI=1S/C23H22N2O4S/c26-13-17-11-16(27)12-21(29-17)19-9-14(8-15-4-1-2-5-18(15)19)10-22-24-25-23(30-22)20-6-3-7-28-20/h1-9,16-17,21,26-27H,10-13H2. The van der Waals surface area contributed by atoms with Gasteiger partial charge in [0.05, 0.1) is 31.2 Å². The second-order valence-corrected chi connectivity index (χ2v) is 8.68. The Morgan fingerprint density at radius 2 is 1.97 bits per heavy atom. The molecule has 5 rings (SSSR count). The van der Waals surface area contributed by atoms with Gasteiger partial charge in [0.15, 0.2) is 10.8 Å². The van der Waals surface area contributed by atoms with E-state index in [-0.39, 0.29) is 18.8 Å². The molecule has 0 amide bonds. The van der Waals surface area contributed by atoms with Gasteiger partial charge in [0.2, 0.25) is 0 Å². The Morgan fingerprint density at radius 1 is 1.07 bits per heavy atom. The minimum atomic E-state index is -0.484. The molecule has 0 radical (unpaired) electrons. The van der Waals surface area contributed by atoms with E-state index in [2.05, 4.69) is 34.5 Å². The van der Waals surface area contributed by atoms with E-state index in [1.54, 1.807) is 6.26 Å². The Bertz CT molecular complexity index is 1140. The average molecular weight is 423 g/mol. The molecule has 4 aromatic rings. The van der Waals surface area contributed by atoms with E-state index < -0.39 is 6.10 Å². The molecule has 3 unspecified atom stereocenters. The fraction of sp³-hybridized carbons (Fsp3) is 0.304. The van der Waals surface area contributed by atoms with E-state index >= 15 is 0 Å². The largest absolute Gasteiger partial charge is 0.462 e. The Labute approximate surface area is 177 Å². The second-order valence-electron chi connectivity index (χ2n) is 7.62. The van der Waals surface area contributed by atoms with E-state index in [9.17, 15) is 10.2 Å². The summed E-state index contributed by atoms with van der Waals surface area (Å²) in [5.41, 5.74) is 2.14. The first-order valence-electron chi connectivity index (χ1n) is 10.0. The van der Waals surface area contributed by atoms with Gasteiger partial charge in [0.1, 0.15) is 5.01 Å². The van der Waals surface area contributed by atoms with Crippen LogP contribution in [0.4, 0.5) is 0 Å². The molecule has 6 nitrogen and oxygen atoms in total. The van der Waals surface area contributed by atoms with Crippen LogP contribution >= 0.6 is 11.3 Å². The van der Waals surface area contributed by atoms with Crippen molar-refractivity contribution in [1.29, 1.82) is 0 Å². The fourth-order valence-corrected chi connectivity index (χ4v) is 4.92. The van der Waals surface area contributed by atoms with E-state index in [0.29, 0.717) is 19.3 Å². The lowest BCUT2D eigenvalue weighted by Gasteiger charge is -2.33. The van der Waals surface area contributed by atoms with Gasteiger partial charge in [-0.1, -0.05) is 47.7 Å². The Kier molecular flexibility index (Phi) is 5.35. The summed E-state index contributed by atoms with van der Waals surface area (Å²) in [5, 5.41) is 32.3. The van der Waals surface area contributed by atoms with Gasteiger partial charge in [-0.15, -0.1) is 10.2 Å². The van der Waals surface area contributed by atoms with Gasteiger partial charge >= 0.3 is 0 Å².